The van der Waals surface area contributed by atoms with Crippen molar-refractivity contribution in [2.75, 3.05) is 11.9 Å². The molecule has 2 aromatic carbocycles. The normalized spacial score (nSPS) is 12.2. The number of aryl methyl sites for hydroxylation is 2. The highest BCUT2D eigenvalue weighted by Gasteiger charge is 2.37. The molecule has 0 atom stereocenters. The standard InChI is InChI=1S/C26H24F5N5O/c1-3-16-4-7-18(8-5-16)26(30,31)22-13-20(33-11-10-25(27,28)29)24-34-14-21(36(24)35-22)17-6-9-19(23(32)37)15(2)12-17/h4-9,12-14,33H,3,10-11H2,1-2H3,(H2,32,37). The number of nitrogens with two attached hydrogens (primary N) is 1. The summed E-state index contributed by atoms with van der Waals surface area (Å²) in [6, 6.07) is 11.5. The van der Waals surface area contributed by atoms with E-state index in [2.05, 4.69) is 15.4 Å². The lowest BCUT2D eigenvalue weighted by Gasteiger charge is -2.19. The number of rotatable bonds is 8. The van der Waals surface area contributed by atoms with E-state index >= 15 is 8.78 Å². The van der Waals surface area contributed by atoms with Crippen molar-refractivity contribution in [3.8, 4) is 11.3 Å². The molecule has 6 nitrogen and oxygen atoms in total. The number of fused-ring (bicyclic) bond motifs is 1. The third-order valence-electron chi connectivity index (χ3n) is 6.03. The Morgan fingerprint density at radius 3 is 2.35 bits per heavy atom. The van der Waals surface area contributed by atoms with E-state index in [0.29, 0.717) is 28.8 Å². The first kappa shape index (κ1) is 26.1. The van der Waals surface area contributed by atoms with Gasteiger partial charge in [0.15, 0.2) is 5.65 Å². The first-order valence-corrected chi connectivity index (χ1v) is 11.5. The van der Waals surface area contributed by atoms with E-state index in [0.717, 1.165) is 16.1 Å². The largest absolute Gasteiger partial charge is 0.390 e. The van der Waals surface area contributed by atoms with Crippen molar-refractivity contribution < 1.29 is 26.7 Å². The Balaban J connectivity index is 1.85. The van der Waals surface area contributed by atoms with Crippen LogP contribution in [0.3, 0.4) is 0 Å². The zero-order chi connectivity index (χ0) is 27.0. The molecule has 194 valence electrons. The molecule has 2 heterocycles. The predicted molar refractivity (Wildman–Crippen MR) is 130 cm³/mol. The Morgan fingerprint density at radius 2 is 1.76 bits per heavy atom. The third kappa shape index (κ3) is 5.40. The lowest BCUT2D eigenvalue weighted by molar-refractivity contribution is -0.131. The van der Waals surface area contributed by atoms with E-state index in [1.54, 1.807) is 31.2 Å². The topological polar surface area (TPSA) is 85.3 Å². The molecule has 3 N–H and O–H groups in total. The third-order valence-corrected chi connectivity index (χ3v) is 6.03. The van der Waals surface area contributed by atoms with E-state index in [-0.39, 0.29) is 16.9 Å². The van der Waals surface area contributed by atoms with Gasteiger partial charge in [-0.1, -0.05) is 37.3 Å². The highest BCUT2D eigenvalue weighted by Crippen LogP contribution is 2.37. The summed E-state index contributed by atoms with van der Waals surface area (Å²) in [5.74, 6) is -4.17. The second kappa shape index (κ2) is 9.79. The maximum Gasteiger partial charge on any atom is 0.390 e. The number of hydrogen-bond donors (Lipinski definition) is 2. The molecule has 0 spiro atoms. The summed E-state index contributed by atoms with van der Waals surface area (Å²) in [7, 11) is 0. The van der Waals surface area contributed by atoms with Crippen LogP contribution in [-0.2, 0) is 12.3 Å². The van der Waals surface area contributed by atoms with Crippen LogP contribution < -0.4 is 11.1 Å². The maximum absolute atomic E-state index is 15.6. The fraction of sp³-hybridized carbons (Fsp3) is 0.269. The van der Waals surface area contributed by atoms with Gasteiger partial charge in [0.2, 0.25) is 5.91 Å². The van der Waals surface area contributed by atoms with Crippen molar-refractivity contribution in [2.45, 2.75) is 38.8 Å². The molecule has 1 amide bonds. The molecular formula is C26H24F5N5O. The molecule has 37 heavy (non-hydrogen) atoms. The highest BCUT2D eigenvalue weighted by molar-refractivity contribution is 5.94. The number of nitrogens with zero attached hydrogens (tertiary/aromatic N) is 3. The number of anilines is 1. The van der Waals surface area contributed by atoms with Gasteiger partial charge in [-0.15, -0.1) is 0 Å². The van der Waals surface area contributed by atoms with Crippen LogP contribution in [0.1, 0.15) is 46.1 Å². The second-order valence-corrected chi connectivity index (χ2v) is 8.63. The summed E-state index contributed by atoms with van der Waals surface area (Å²) in [4.78, 5) is 15.8. The molecule has 0 saturated carbocycles. The molecule has 0 aliphatic rings. The number of halogens is 5. The summed E-state index contributed by atoms with van der Waals surface area (Å²) < 4.78 is 70.7. The lowest BCUT2D eigenvalue weighted by atomic mass is 10.0. The number of carbonyl (C=O) groups excluding carboxylic acids is 1. The van der Waals surface area contributed by atoms with Crippen molar-refractivity contribution in [2.24, 2.45) is 5.73 Å². The minimum Gasteiger partial charge on any atom is -0.382 e. The number of primary amides is 1. The Hall–Kier alpha value is -4.02. The molecule has 0 aliphatic carbocycles. The van der Waals surface area contributed by atoms with E-state index in [4.69, 9.17) is 5.73 Å². The maximum atomic E-state index is 15.6. The second-order valence-electron chi connectivity index (χ2n) is 8.63. The Bertz CT molecular complexity index is 1440. The number of amides is 1. The zero-order valence-corrected chi connectivity index (χ0v) is 20.0. The van der Waals surface area contributed by atoms with Crippen molar-refractivity contribution >= 4 is 17.2 Å². The van der Waals surface area contributed by atoms with Crippen LogP contribution in [-0.4, -0.2) is 33.2 Å². The molecule has 2 aromatic heterocycles. The Morgan fingerprint density at radius 1 is 1.05 bits per heavy atom. The van der Waals surface area contributed by atoms with Gasteiger partial charge in [-0.05, 0) is 42.7 Å². The molecule has 4 rings (SSSR count). The molecule has 0 saturated heterocycles. The van der Waals surface area contributed by atoms with Crippen LogP contribution >= 0.6 is 0 Å². The first-order chi connectivity index (χ1) is 17.4. The van der Waals surface area contributed by atoms with Crippen molar-refractivity contribution in [3.05, 3.63) is 82.7 Å². The molecular weight excluding hydrogens is 493 g/mol. The minimum absolute atomic E-state index is 0.0177. The van der Waals surface area contributed by atoms with E-state index in [1.807, 2.05) is 6.92 Å². The van der Waals surface area contributed by atoms with Gasteiger partial charge in [0.25, 0.3) is 0 Å². The summed E-state index contributed by atoms with van der Waals surface area (Å²) >= 11 is 0. The Kier molecular flexibility index (Phi) is 6.90. The predicted octanol–water partition coefficient (Wildman–Crippen LogP) is 5.87. The average molecular weight is 518 g/mol. The minimum atomic E-state index is -4.43. The van der Waals surface area contributed by atoms with Gasteiger partial charge in [0, 0.05) is 23.2 Å². The number of alkyl halides is 5. The van der Waals surface area contributed by atoms with Crippen LogP contribution in [0.2, 0.25) is 0 Å². The summed E-state index contributed by atoms with van der Waals surface area (Å²) in [6.45, 7) is 3.04. The van der Waals surface area contributed by atoms with Gasteiger partial charge in [-0.25, -0.2) is 9.50 Å². The van der Waals surface area contributed by atoms with Crippen molar-refractivity contribution in [3.63, 3.8) is 0 Å². The molecule has 4 aromatic rings. The van der Waals surface area contributed by atoms with E-state index < -0.39 is 36.7 Å². The van der Waals surface area contributed by atoms with Crippen LogP contribution in [0, 0.1) is 6.92 Å². The van der Waals surface area contributed by atoms with Gasteiger partial charge in [0.1, 0.15) is 5.69 Å². The van der Waals surface area contributed by atoms with Crippen LogP contribution in [0.4, 0.5) is 27.6 Å². The first-order valence-electron chi connectivity index (χ1n) is 11.5. The number of aromatic nitrogens is 3. The Labute approximate surface area is 209 Å². The SMILES string of the molecule is CCc1ccc(C(F)(F)c2cc(NCCC(F)(F)F)c3ncc(-c4ccc(C(N)=O)c(C)c4)n3n2)cc1. The number of nitrogens with one attached hydrogen (secondary N) is 1. The molecule has 0 unspecified atom stereocenters. The van der Waals surface area contributed by atoms with Gasteiger partial charge >= 0.3 is 12.1 Å². The van der Waals surface area contributed by atoms with Crippen LogP contribution in [0.15, 0.2) is 54.7 Å². The number of benzene rings is 2. The zero-order valence-electron chi connectivity index (χ0n) is 20.0. The molecule has 0 fully saturated rings. The number of imidazole rings is 1. The van der Waals surface area contributed by atoms with Gasteiger partial charge < -0.3 is 11.1 Å². The van der Waals surface area contributed by atoms with Crippen LogP contribution in [0.5, 0.6) is 0 Å². The van der Waals surface area contributed by atoms with Crippen LogP contribution in [0.25, 0.3) is 16.9 Å². The molecule has 0 bridgehead atoms. The molecule has 0 radical (unpaired) electrons. The van der Waals surface area contributed by atoms with Crippen molar-refractivity contribution in [1.29, 1.82) is 0 Å². The molecule has 11 heteroatoms. The quantitative estimate of drug-likeness (QED) is 0.286. The highest BCUT2D eigenvalue weighted by atomic mass is 19.4. The van der Waals surface area contributed by atoms with Gasteiger partial charge in [0.05, 0.1) is 24.0 Å². The lowest BCUT2D eigenvalue weighted by Crippen LogP contribution is -2.21. The fourth-order valence-corrected chi connectivity index (χ4v) is 3.98. The molecule has 0 aliphatic heterocycles. The summed E-state index contributed by atoms with van der Waals surface area (Å²) in [5.41, 5.74) is 7.02. The smallest absolute Gasteiger partial charge is 0.382 e. The summed E-state index contributed by atoms with van der Waals surface area (Å²) in [6.07, 6.45) is -3.53. The monoisotopic (exact) mass is 517 g/mol. The van der Waals surface area contributed by atoms with Gasteiger partial charge in [-0.3, -0.25) is 4.79 Å². The number of carbonyl (C=O) groups is 1. The fourth-order valence-electron chi connectivity index (χ4n) is 3.98. The van der Waals surface area contributed by atoms with Crippen molar-refractivity contribution in [1.82, 2.24) is 14.6 Å². The average Bonchev–Trinajstić information content (AvgIpc) is 3.27. The summed E-state index contributed by atoms with van der Waals surface area (Å²) in [5, 5.41) is 6.75. The van der Waals surface area contributed by atoms with E-state index in [9.17, 15) is 18.0 Å². The number of hydrogen-bond acceptors (Lipinski definition) is 4. The van der Waals surface area contributed by atoms with E-state index in [1.165, 1.54) is 24.4 Å². The van der Waals surface area contributed by atoms with Gasteiger partial charge in [-0.2, -0.15) is 27.1 Å².